The molecule has 0 aliphatic rings. The van der Waals surface area contributed by atoms with Crippen LogP contribution in [0.5, 0.6) is 0 Å². The van der Waals surface area contributed by atoms with Crippen molar-refractivity contribution < 1.29 is 0 Å². The van der Waals surface area contributed by atoms with Crippen LogP contribution in [-0.2, 0) is 0 Å². The first-order valence-corrected chi connectivity index (χ1v) is 5.70. The summed E-state index contributed by atoms with van der Waals surface area (Å²) >= 11 is 4.85. The molecule has 0 rings (SSSR count). The van der Waals surface area contributed by atoms with Gasteiger partial charge in [-0.25, -0.2) is 0 Å². The zero-order valence-electron chi connectivity index (χ0n) is 10.5. The fourth-order valence-corrected chi connectivity index (χ4v) is 0.414. The van der Waals surface area contributed by atoms with Crippen LogP contribution in [0.15, 0.2) is 24.4 Å². The maximum atomic E-state index is 4.85. The van der Waals surface area contributed by atoms with Gasteiger partial charge in [-0.05, 0) is 19.4 Å². The first-order chi connectivity index (χ1) is 6.70. The summed E-state index contributed by atoms with van der Waals surface area (Å²) in [5, 5.41) is 2.93. The lowest BCUT2D eigenvalue weighted by Crippen LogP contribution is -2.11. The lowest BCUT2D eigenvalue weighted by atomic mass is 10.3. The molecular weight excluding hydrogens is 190 g/mol. The second-order valence-electron chi connectivity index (χ2n) is 2.06. The van der Waals surface area contributed by atoms with Crippen molar-refractivity contribution in [3.05, 3.63) is 24.4 Å². The van der Waals surface area contributed by atoms with Crippen molar-refractivity contribution in [1.82, 2.24) is 5.32 Å². The Morgan fingerprint density at radius 1 is 1.29 bits per heavy atom. The van der Waals surface area contributed by atoms with Gasteiger partial charge in [-0.15, -0.1) is 0 Å². The molecule has 0 aromatic rings. The second-order valence-corrected chi connectivity index (χ2v) is 2.50. The van der Waals surface area contributed by atoms with Crippen LogP contribution < -0.4 is 5.32 Å². The molecule has 2 heteroatoms. The predicted molar refractivity (Wildman–Crippen MR) is 72.7 cm³/mol. The Balaban J connectivity index is -0.000000266. The van der Waals surface area contributed by atoms with Gasteiger partial charge in [0.05, 0.1) is 0 Å². The Hall–Kier alpha value is -0.630. The van der Waals surface area contributed by atoms with Gasteiger partial charge in [0.25, 0.3) is 0 Å². The molecule has 0 spiro atoms. The summed E-state index contributed by atoms with van der Waals surface area (Å²) < 4.78 is 0. The highest BCUT2D eigenvalue weighted by molar-refractivity contribution is 7.80. The minimum absolute atomic E-state index is 0.674. The van der Waals surface area contributed by atoms with Crippen molar-refractivity contribution in [2.45, 2.75) is 48.0 Å². The molecule has 1 nitrogen and oxygen atoms in total. The van der Waals surface area contributed by atoms with E-state index in [0.717, 1.165) is 6.42 Å². The molecule has 1 N–H and O–H groups in total. The third kappa shape index (κ3) is 17.5. The van der Waals surface area contributed by atoms with Gasteiger partial charge in [0, 0.05) is 6.20 Å². The topological polar surface area (TPSA) is 12.0 Å². The van der Waals surface area contributed by atoms with Gasteiger partial charge in [0.2, 0.25) is 0 Å². The van der Waals surface area contributed by atoms with E-state index >= 15 is 0 Å². The van der Waals surface area contributed by atoms with E-state index < -0.39 is 0 Å². The molecule has 0 radical (unpaired) electrons. The molecule has 84 valence electrons. The van der Waals surface area contributed by atoms with Crippen LogP contribution in [0.25, 0.3) is 0 Å². The largest absolute Gasteiger partial charge is 0.353 e. The second kappa shape index (κ2) is 18.2. The van der Waals surface area contributed by atoms with E-state index in [1.165, 1.54) is 5.57 Å². The lowest BCUT2D eigenvalue weighted by molar-refractivity contribution is 1.07. The molecule has 0 aromatic carbocycles. The smallest absolute Gasteiger partial charge is 0.102 e. The van der Waals surface area contributed by atoms with E-state index in [1.54, 1.807) is 6.08 Å². The van der Waals surface area contributed by atoms with Gasteiger partial charge in [0.15, 0.2) is 0 Å². The number of hydrogen-bond acceptors (Lipinski definition) is 1. The summed E-state index contributed by atoms with van der Waals surface area (Å²) in [5.41, 5.74) is 1.28. The first kappa shape index (κ1) is 19.0. The van der Waals surface area contributed by atoms with Crippen LogP contribution in [0.2, 0.25) is 0 Å². The maximum Gasteiger partial charge on any atom is 0.102 e. The van der Waals surface area contributed by atoms with Crippen LogP contribution in [0.3, 0.4) is 0 Å². The van der Waals surface area contributed by atoms with Gasteiger partial charge in [-0.3, -0.25) is 0 Å². The number of thiocarbonyl (C=S) groups is 1. The fourth-order valence-electron chi connectivity index (χ4n) is 0.355. The normalized spacial score (nSPS) is 8.57. The number of nitrogens with one attached hydrogen (secondary N) is 1. The summed E-state index contributed by atoms with van der Waals surface area (Å²) in [7, 11) is 0. The Morgan fingerprint density at radius 3 is 2.00 bits per heavy atom. The van der Waals surface area contributed by atoms with Crippen LogP contribution in [-0.4, -0.2) is 4.99 Å². The van der Waals surface area contributed by atoms with Gasteiger partial charge < -0.3 is 5.32 Å². The lowest BCUT2D eigenvalue weighted by Gasteiger charge is -1.97. The Morgan fingerprint density at radius 2 is 1.71 bits per heavy atom. The average Bonchev–Trinajstić information content (AvgIpc) is 2.30. The predicted octanol–water partition coefficient (Wildman–Crippen LogP) is 4.46. The van der Waals surface area contributed by atoms with Crippen molar-refractivity contribution in [2.24, 2.45) is 0 Å². The van der Waals surface area contributed by atoms with E-state index in [4.69, 9.17) is 12.2 Å². The van der Waals surface area contributed by atoms with Crippen LogP contribution in [0, 0.1) is 0 Å². The summed E-state index contributed by atoms with van der Waals surface area (Å²) in [6.45, 7) is 15.7. The summed E-state index contributed by atoms with van der Waals surface area (Å²) in [6.07, 6.45) is 4.57. The average molecular weight is 215 g/mol. The zero-order chi connectivity index (χ0) is 12.0. The van der Waals surface area contributed by atoms with E-state index in [1.807, 2.05) is 33.9 Å². The molecule has 0 aromatic heterocycles. The number of rotatable bonds is 3. The van der Waals surface area contributed by atoms with Crippen molar-refractivity contribution in [2.75, 3.05) is 0 Å². The van der Waals surface area contributed by atoms with Crippen molar-refractivity contribution in [3.63, 3.8) is 0 Å². The van der Waals surface area contributed by atoms with Gasteiger partial charge in [-0.2, -0.15) is 0 Å². The summed E-state index contributed by atoms with van der Waals surface area (Å²) in [5.74, 6) is 0. The molecule has 0 saturated carbocycles. The molecule has 0 unspecified atom stereocenters. The van der Waals surface area contributed by atoms with Gasteiger partial charge in [0.1, 0.15) is 4.99 Å². The zero-order valence-corrected chi connectivity index (χ0v) is 11.3. The minimum atomic E-state index is 0.674. The first-order valence-electron chi connectivity index (χ1n) is 5.29. The standard InChI is InChI=1S/C8H13NS.2C2H6/c1-4-7(3)6-9-8(10)5-2;2*1-2/h5-6H,2,4H2,1,3H3,(H,9,10);2*1-2H3/b7-6+;;. The fraction of sp³-hybridized carbons (Fsp3) is 0.583. The highest BCUT2D eigenvalue weighted by atomic mass is 32.1. The third-order valence-electron chi connectivity index (χ3n) is 1.20. The van der Waals surface area contributed by atoms with Crippen molar-refractivity contribution in [3.8, 4) is 0 Å². The van der Waals surface area contributed by atoms with E-state index in [0.29, 0.717) is 4.99 Å². The monoisotopic (exact) mass is 215 g/mol. The number of allylic oxidation sites excluding steroid dienone is 1. The third-order valence-corrected chi connectivity index (χ3v) is 1.49. The van der Waals surface area contributed by atoms with Crippen LogP contribution in [0.1, 0.15) is 48.0 Å². The highest BCUT2D eigenvalue weighted by Gasteiger charge is 1.84. The van der Waals surface area contributed by atoms with E-state index in [-0.39, 0.29) is 0 Å². The maximum absolute atomic E-state index is 4.85. The molecule has 14 heavy (non-hydrogen) atoms. The number of hydrogen-bond donors (Lipinski definition) is 1. The molecule has 0 atom stereocenters. The Labute approximate surface area is 95.3 Å². The van der Waals surface area contributed by atoms with E-state index in [2.05, 4.69) is 25.7 Å². The van der Waals surface area contributed by atoms with Crippen LogP contribution >= 0.6 is 12.2 Å². The van der Waals surface area contributed by atoms with Crippen molar-refractivity contribution in [1.29, 1.82) is 0 Å². The molecule has 0 amide bonds. The Kier molecular flexibility index (Phi) is 24.8. The molecular formula is C12H25NS. The molecule has 0 aliphatic heterocycles. The molecule has 0 fully saturated rings. The quantitative estimate of drug-likeness (QED) is 0.551. The van der Waals surface area contributed by atoms with Gasteiger partial charge >= 0.3 is 0 Å². The van der Waals surface area contributed by atoms with E-state index in [9.17, 15) is 0 Å². The minimum Gasteiger partial charge on any atom is -0.353 e. The molecule has 0 heterocycles. The molecule has 0 aliphatic carbocycles. The van der Waals surface area contributed by atoms with Crippen LogP contribution in [0.4, 0.5) is 0 Å². The Bertz CT molecular complexity index is 160. The summed E-state index contributed by atoms with van der Waals surface area (Å²) in [4.78, 5) is 0.674. The molecule has 0 saturated heterocycles. The highest BCUT2D eigenvalue weighted by Crippen LogP contribution is 1.94. The van der Waals surface area contributed by atoms with Gasteiger partial charge in [-0.1, -0.05) is 59.0 Å². The summed E-state index contributed by atoms with van der Waals surface area (Å²) in [6, 6.07) is 0. The molecule has 0 bridgehead atoms. The van der Waals surface area contributed by atoms with Crippen molar-refractivity contribution >= 4 is 17.2 Å². The SMILES string of the molecule is C=CC(=S)N/C=C(\C)CC.CC.CC.